The van der Waals surface area contributed by atoms with Crippen molar-refractivity contribution in [2.45, 2.75) is 44.6 Å². The minimum absolute atomic E-state index is 0.137. The zero-order chi connectivity index (χ0) is 16.4. The Hall–Kier alpha value is -0.890. The second-order valence-electron chi connectivity index (χ2n) is 6.12. The van der Waals surface area contributed by atoms with Crippen molar-refractivity contribution in [1.82, 2.24) is 9.97 Å². The largest absolute Gasteiger partial charge is 0.383 e. The number of thioether (sulfide) groups is 1. The second kappa shape index (κ2) is 6.93. The number of ether oxygens (including phenoxy) is 2. The van der Waals surface area contributed by atoms with Crippen LogP contribution in [0.25, 0.3) is 10.2 Å². The lowest BCUT2D eigenvalue weighted by molar-refractivity contribution is -0.0379. The molecule has 1 aliphatic heterocycles. The molecule has 126 valence electrons. The molecule has 0 bridgehead atoms. The van der Waals surface area contributed by atoms with Gasteiger partial charge in [-0.05, 0) is 25.2 Å². The summed E-state index contributed by atoms with van der Waals surface area (Å²) in [5.74, 6) is 1.89. The number of thiophene rings is 1. The van der Waals surface area contributed by atoms with E-state index in [-0.39, 0.29) is 5.60 Å². The highest BCUT2D eigenvalue weighted by Gasteiger charge is 2.31. The Morgan fingerprint density at radius 1 is 1.39 bits per heavy atom. The zero-order valence-corrected chi connectivity index (χ0v) is 15.7. The molecule has 0 fully saturated rings. The van der Waals surface area contributed by atoms with Crippen molar-refractivity contribution in [3.05, 3.63) is 10.4 Å². The van der Waals surface area contributed by atoms with Crippen molar-refractivity contribution in [2.24, 2.45) is 0 Å². The van der Waals surface area contributed by atoms with Gasteiger partial charge in [0.25, 0.3) is 0 Å². The lowest BCUT2D eigenvalue weighted by Crippen LogP contribution is -2.31. The summed E-state index contributed by atoms with van der Waals surface area (Å²) in [7, 11) is 1.71. The van der Waals surface area contributed by atoms with E-state index in [0.29, 0.717) is 13.2 Å². The van der Waals surface area contributed by atoms with E-state index in [9.17, 15) is 0 Å². The first-order chi connectivity index (χ1) is 11.0. The Morgan fingerprint density at radius 3 is 2.96 bits per heavy atom. The van der Waals surface area contributed by atoms with Gasteiger partial charge in [0, 0.05) is 25.0 Å². The Labute approximate surface area is 145 Å². The van der Waals surface area contributed by atoms with Crippen LogP contribution in [0.2, 0.25) is 0 Å². The second-order valence-corrected chi connectivity index (χ2v) is 8.43. The van der Waals surface area contributed by atoms with Crippen molar-refractivity contribution in [1.29, 1.82) is 0 Å². The van der Waals surface area contributed by atoms with E-state index in [2.05, 4.69) is 26.1 Å². The Morgan fingerprint density at radius 2 is 2.22 bits per heavy atom. The van der Waals surface area contributed by atoms with Crippen LogP contribution >= 0.6 is 23.1 Å². The number of nitrogens with zero attached hydrogens (tertiary/aromatic N) is 2. The van der Waals surface area contributed by atoms with E-state index < -0.39 is 0 Å². The maximum atomic E-state index is 5.95. The number of hydrogen-bond donors (Lipinski definition) is 1. The third-order valence-corrected chi connectivity index (χ3v) is 5.61. The first-order valence-electron chi connectivity index (χ1n) is 7.86. The predicted molar refractivity (Wildman–Crippen MR) is 96.8 cm³/mol. The maximum absolute atomic E-state index is 5.95. The Balaban J connectivity index is 2.06. The quantitative estimate of drug-likeness (QED) is 0.485. The third kappa shape index (κ3) is 3.63. The third-order valence-electron chi connectivity index (χ3n) is 3.78. The van der Waals surface area contributed by atoms with Crippen molar-refractivity contribution < 1.29 is 9.47 Å². The molecule has 0 amide bonds. The molecule has 3 rings (SSSR count). The summed E-state index contributed by atoms with van der Waals surface area (Å²) in [5, 5.41) is 5.42. The van der Waals surface area contributed by atoms with Gasteiger partial charge in [0.05, 0.1) is 24.2 Å². The Bertz CT molecular complexity index is 700. The van der Waals surface area contributed by atoms with Crippen LogP contribution in [0.15, 0.2) is 5.16 Å². The van der Waals surface area contributed by atoms with Crippen LogP contribution in [-0.4, -0.2) is 41.6 Å². The molecule has 0 saturated heterocycles. The molecule has 2 aromatic heterocycles. The summed E-state index contributed by atoms with van der Waals surface area (Å²) >= 11 is 3.40. The number of nitrogens with one attached hydrogen (secondary N) is 1. The van der Waals surface area contributed by atoms with Crippen LogP contribution in [-0.2, 0) is 22.5 Å². The molecule has 2 aromatic rings. The van der Waals surface area contributed by atoms with Crippen molar-refractivity contribution in [3.8, 4) is 0 Å². The van der Waals surface area contributed by atoms with E-state index in [4.69, 9.17) is 19.4 Å². The number of fused-ring (bicyclic) bond motifs is 3. The highest BCUT2D eigenvalue weighted by Crippen LogP contribution is 2.41. The molecule has 0 aromatic carbocycles. The lowest BCUT2D eigenvalue weighted by Gasteiger charge is -2.30. The molecule has 7 heteroatoms. The minimum atomic E-state index is -0.137. The average Bonchev–Trinajstić information content (AvgIpc) is 2.84. The van der Waals surface area contributed by atoms with E-state index in [1.54, 1.807) is 30.2 Å². The fraction of sp³-hybridized carbons (Fsp3) is 0.625. The number of methoxy groups -OCH3 is 1. The van der Waals surface area contributed by atoms with Gasteiger partial charge >= 0.3 is 0 Å². The number of anilines is 1. The molecule has 0 radical (unpaired) electrons. The van der Waals surface area contributed by atoms with Gasteiger partial charge < -0.3 is 14.8 Å². The van der Waals surface area contributed by atoms with Gasteiger partial charge in [-0.3, -0.25) is 0 Å². The molecule has 1 N–H and O–H groups in total. The molecule has 3 heterocycles. The predicted octanol–water partition coefficient (Wildman–Crippen LogP) is 3.71. The minimum Gasteiger partial charge on any atom is -0.383 e. The first-order valence-corrected chi connectivity index (χ1v) is 9.66. The SMILES string of the molecule is CCSc1nc(NCCOC)c2c3c(sc2n1)COC(C)(C)C3. The molecule has 0 unspecified atom stereocenters. The average molecular weight is 354 g/mol. The van der Waals surface area contributed by atoms with Crippen LogP contribution in [0.5, 0.6) is 0 Å². The highest BCUT2D eigenvalue weighted by molar-refractivity contribution is 7.99. The van der Waals surface area contributed by atoms with E-state index in [0.717, 1.165) is 39.9 Å². The van der Waals surface area contributed by atoms with Gasteiger partial charge in [-0.15, -0.1) is 11.3 Å². The molecule has 0 saturated carbocycles. The normalized spacial score (nSPS) is 16.5. The number of hydrogen-bond acceptors (Lipinski definition) is 7. The van der Waals surface area contributed by atoms with Gasteiger partial charge in [0.1, 0.15) is 10.6 Å². The van der Waals surface area contributed by atoms with Crippen molar-refractivity contribution in [2.75, 3.05) is 31.3 Å². The summed E-state index contributed by atoms with van der Waals surface area (Å²) in [4.78, 5) is 11.8. The molecule has 0 atom stereocenters. The van der Waals surface area contributed by atoms with Crippen LogP contribution in [0.1, 0.15) is 31.2 Å². The van der Waals surface area contributed by atoms with Gasteiger partial charge in [-0.1, -0.05) is 18.7 Å². The fourth-order valence-electron chi connectivity index (χ4n) is 2.72. The van der Waals surface area contributed by atoms with Gasteiger partial charge in [0.15, 0.2) is 5.16 Å². The molecule has 5 nitrogen and oxygen atoms in total. The number of rotatable bonds is 6. The maximum Gasteiger partial charge on any atom is 0.190 e. The highest BCUT2D eigenvalue weighted by atomic mass is 32.2. The summed E-state index contributed by atoms with van der Waals surface area (Å²) < 4.78 is 11.1. The molecule has 0 spiro atoms. The molecular weight excluding hydrogens is 330 g/mol. The van der Waals surface area contributed by atoms with Crippen LogP contribution in [0, 0.1) is 0 Å². The van der Waals surface area contributed by atoms with Crippen LogP contribution in [0.4, 0.5) is 5.82 Å². The summed E-state index contributed by atoms with van der Waals surface area (Å²) in [6, 6.07) is 0. The van der Waals surface area contributed by atoms with E-state index in [1.165, 1.54) is 10.4 Å². The Kier molecular flexibility index (Phi) is 5.10. The van der Waals surface area contributed by atoms with Gasteiger partial charge in [-0.25, -0.2) is 9.97 Å². The summed E-state index contributed by atoms with van der Waals surface area (Å²) in [6.45, 7) is 8.45. The topological polar surface area (TPSA) is 56.3 Å². The van der Waals surface area contributed by atoms with Crippen LogP contribution in [0.3, 0.4) is 0 Å². The molecule has 0 aliphatic carbocycles. The standard InChI is InChI=1S/C16H23N3O2S2/c1-5-22-15-18-13(17-6-7-20-4)12-10-8-16(2,3)21-9-11(10)23-14(12)19-15/h5-9H2,1-4H3,(H,17,18,19). The number of aromatic nitrogens is 2. The van der Waals surface area contributed by atoms with Gasteiger partial charge in [0.2, 0.25) is 0 Å². The van der Waals surface area contributed by atoms with Gasteiger partial charge in [-0.2, -0.15) is 0 Å². The molecular formula is C16H23N3O2S2. The first kappa shape index (κ1) is 17.0. The molecule has 23 heavy (non-hydrogen) atoms. The van der Waals surface area contributed by atoms with Crippen LogP contribution < -0.4 is 5.32 Å². The summed E-state index contributed by atoms with van der Waals surface area (Å²) in [6.07, 6.45) is 0.894. The fourth-order valence-corrected chi connectivity index (χ4v) is 4.45. The monoisotopic (exact) mass is 353 g/mol. The van der Waals surface area contributed by atoms with E-state index >= 15 is 0 Å². The summed E-state index contributed by atoms with van der Waals surface area (Å²) in [5.41, 5.74) is 1.20. The smallest absolute Gasteiger partial charge is 0.190 e. The van der Waals surface area contributed by atoms with Crippen molar-refractivity contribution >= 4 is 39.1 Å². The van der Waals surface area contributed by atoms with Crippen molar-refractivity contribution in [3.63, 3.8) is 0 Å². The molecule has 1 aliphatic rings. The van der Waals surface area contributed by atoms with E-state index in [1.807, 2.05) is 0 Å². The lowest BCUT2D eigenvalue weighted by atomic mass is 9.94. The zero-order valence-electron chi connectivity index (χ0n) is 14.1.